The number of nitrogens with zero attached hydrogens (tertiary/aromatic N) is 1. The van der Waals surface area contributed by atoms with Gasteiger partial charge in [-0.3, -0.25) is 9.36 Å². The highest BCUT2D eigenvalue weighted by molar-refractivity contribution is 7.99. The number of thioether (sulfide) groups is 1. The Labute approximate surface area is 164 Å². The maximum atomic E-state index is 12.9. The molecule has 3 rings (SSSR count). The minimum atomic E-state index is -0.151. The summed E-state index contributed by atoms with van der Waals surface area (Å²) in [7, 11) is 3.09. The fourth-order valence-corrected chi connectivity index (χ4v) is 3.82. The standard InChI is InChI=1S/C18H17ClN2O3S2/c1-23-15-9-13-14(10-16(15)24-2)20-18(25)21(17(13)22)7-8-26-12-5-3-11(19)4-6-12/h3-6,9-10H,7-8H2,1-2H3,(H,20,25). The van der Waals surface area contributed by atoms with Crippen molar-refractivity contribution in [1.82, 2.24) is 9.55 Å². The number of hydrogen-bond donors (Lipinski definition) is 1. The van der Waals surface area contributed by atoms with Crippen molar-refractivity contribution in [3.8, 4) is 11.5 Å². The summed E-state index contributed by atoms with van der Waals surface area (Å²) in [6.45, 7) is 0.492. The molecular formula is C18H17ClN2O3S2. The van der Waals surface area contributed by atoms with E-state index in [1.807, 2.05) is 24.3 Å². The van der Waals surface area contributed by atoms with Crippen LogP contribution in [0.2, 0.25) is 5.02 Å². The summed E-state index contributed by atoms with van der Waals surface area (Å²) in [5, 5.41) is 1.21. The number of methoxy groups -OCH3 is 2. The number of nitrogens with one attached hydrogen (secondary N) is 1. The van der Waals surface area contributed by atoms with Crippen LogP contribution in [0.5, 0.6) is 11.5 Å². The highest BCUT2D eigenvalue weighted by atomic mass is 35.5. The van der Waals surface area contributed by atoms with Crippen molar-refractivity contribution in [2.75, 3.05) is 20.0 Å². The van der Waals surface area contributed by atoms with Crippen LogP contribution in [0.3, 0.4) is 0 Å². The van der Waals surface area contributed by atoms with Gasteiger partial charge in [0.1, 0.15) is 0 Å². The number of rotatable bonds is 6. The Morgan fingerprint density at radius 2 is 1.81 bits per heavy atom. The molecule has 1 heterocycles. The molecule has 0 bridgehead atoms. The molecule has 0 spiro atoms. The zero-order chi connectivity index (χ0) is 18.7. The number of halogens is 1. The van der Waals surface area contributed by atoms with Crippen LogP contribution >= 0.6 is 35.6 Å². The van der Waals surface area contributed by atoms with Crippen molar-refractivity contribution in [2.24, 2.45) is 0 Å². The second-order valence-electron chi connectivity index (χ2n) is 5.44. The first-order valence-electron chi connectivity index (χ1n) is 7.80. The highest BCUT2D eigenvalue weighted by Gasteiger charge is 2.11. The van der Waals surface area contributed by atoms with Gasteiger partial charge in [0.2, 0.25) is 0 Å². The second kappa shape index (κ2) is 8.16. The summed E-state index contributed by atoms with van der Waals surface area (Å²) in [5.41, 5.74) is 0.473. The number of hydrogen-bond acceptors (Lipinski definition) is 5. The van der Waals surface area contributed by atoms with E-state index in [0.717, 1.165) is 4.90 Å². The Hall–Kier alpha value is -1.96. The summed E-state index contributed by atoms with van der Waals surface area (Å²) >= 11 is 12.9. The molecule has 0 aliphatic carbocycles. The van der Waals surface area contributed by atoms with Gasteiger partial charge in [0, 0.05) is 28.3 Å². The summed E-state index contributed by atoms with van der Waals surface area (Å²) in [6.07, 6.45) is 0. The lowest BCUT2D eigenvalue weighted by Crippen LogP contribution is -2.23. The van der Waals surface area contributed by atoms with Crippen LogP contribution in [-0.2, 0) is 6.54 Å². The molecule has 136 valence electrons. The normalized spacial score (nSPS) is 10.9. The maximum Gasteiger partial charge on any atom is 0.262 e. The van der Waals surface area contributed by atoms with Gasteiger partial charge in [0.05, 0.1) is 25.1 Å². The van der Waals surface area contributed by atoms with Crippen LogP contribution in [0.25, 0.3) is 10.9 Å². The van der Waals surface area contributed by atoms with Crippen LogP contribution in [-0.4, -0.2) is 29.5 Å². The molecular weight excluding hydrogens is 392 g/mol. The average molecular weight is 409 g/mol. The zero-order valence-electron chi connectivity index (χ0n) is 14.2. The minimum Gasteiger partial charge on any atom is -0.493 e. The summed E-state index contributed by atoms with van der Waals surface area (Å²) in [6, 6.07) is 11.0. The van der Waals surface area contributed by atoms with E-state index in [2.05, 4.69) is 4.98 Å². The first-order chi connectivity index (χ1) is 12.5. The Kier molecular flexibility index (Phi) is 5.90. The molecule has 0 saturated heterocycles. The molecule has 0 radical (unpaired) electrons. The van der Waals surface area contributed by atoms with Crippen molar-refractivity contribution in [3.05, 3.63) is 56.5 Å². The van der Waals surface area contributed by atoms with Crippen LogP contribution in [0.4, 0.5) is 0 Å². The Bertz CT molecular complexity index is 1050. The van der Waals surface area contributed by atoms with Gasteiger partial charge in [-0.25, -0.2) is 0 Å². The quantitative estimate of drug-likeness (QED) is 0.480. The average Bonchev–Trinajstić information content (AvgIpc) is 2.65. The fraction of sp³-hybridized carbons (Fsp3) is 0.222. The van der Waals surface area contributed by atoms with Crippen molar-refractivity contribution >= 4 is 46.5 Å². The van der Waals surface area contributed by atoms with Gasteiger partial charge in [-0.1, -0.05) is 11.6 Å². The van der Waals surface area contributed by atoms with Gasteiger partial charge in [-0.2, -0.15) is 0 Å². The van der Waals surface area contributed by atoms with E-state index in [-0.39, 0.29) is 5.56 Å². The molecule has 0 unspecified atom stereocenters. The lowest BCUT2D eigenvalue weighted by molar-refractivity contribution is 0.355. The third-order valence-corrected chi connectivity index (χ3v) is 5.45. The van der Waals surface area contributed by atoms with E-state index in [1.165, 1.54) is 7.11 Å². The number of benzene rings is 2. The second-order valence-corrected chi connectivity index (χ2v) is 7.43. The molecule has 2 aromatic carbocycles. The Balaban J connectivity index is 1.89. The Morgan fingerprint density at radius 1 is 1.15 bits per heavy atom. The van der Waals surface area contributed by atoms with E-state index >= 15 is 0 Å². The molecule has 5 nitrogen and oxygen atoms in total. The molecule has 3 aromatic rings. The molecule has 1 N–H and O–H groups in total. The molecule has 0 amide bonds. The zero-order valence-corrected chi connectivity index (χ0v) is 16.6. The predicted molar refractivity (Wildman–Crippen MR) is 109 cm³/mol. The Morgan fingerprint density at radius 3 is 2.46 bits per heavy atom. The monoisotopic (exact) mass is 408 g/mol. The lowest BCUT2D eigenvalue weighted by Gasteiger charge is -2.11. The highest BCUT2D eigenvalue weighted by Crippen LogP contribution is 2.30. The van der Waals surface area contributed by atoms with Crippen LogP contribution in [0, 0.1) is 4.77 Å². The van der Waals surface area contributed by atoms with E-state index in [1.54, 1.807) is 35.6 Å². The number of H-pyrrole nitrogens is 1. The van der Waals surface area contributed by atoms with E-state index < -0.39 is 0 Å². The molecule has 0 fully saturated rings. The maximum absolute atomic E-state index is 12.9. The van der Waals surface area contributed by atoms with Gasteiger partial charge < -0.3 is 14.5 Å². The topological polar surface area (TPSA) is 56.2 Å². The summed E-state index contributed by atoms with van der Waals surface area (Å²) in [4.78, 5) is 17.0. The first-order valence-corrected chi connectivity index (χ1v) is 9.58. The largest absolute Gasteiger partial charge is 0.493 e. The number of fused-ring (bicyclic) bond motifs is 1. The van der Waals surface area contributed by atoms with Crippen molar-refractivity contribution in [3.63, 3.8) is 0 Å². The van der Waals surface area contributed by atoms with Gasteiger partial charge in [0.25, 0.3) is 5.56 Å². The first kappa shape index (κ1) is 18.8. The smallest absolute Gasteiger partial charge is 0.262 e. The molecule has 0 atom stereocenters. The third kappa shape index (κ3) is 3.90. The van der Waals surface area contributed by atoms with Crippen LogP contribution < -0.4 is 15.0 Å². The van der Waals surface area contributed by atoms with E-state index in [9.17, 15) is 4.79 Å². The minimum absolute atomic E-state index is 0.151. The SMILES string of the molecule is COc1cc2[nH]c(=S)n(CCSc3ccc(Cl)cc3)c(=O)c2cc1OC. The molecule has 0 aliphatic heterocycles. The number of ether oxygens (including phenoxy) is 2. The summed E-state index contributed by atoms with van der Waals surface area (Å²) in [5.74, 6) is 1.75. The van der Waals surface area contributed by atoms with E-state index in [0.29, 0.717) is 44.5 Å². The third-order valence-electron chi connectivity index (χ3n) is 3.88. The molecule has 8 heteroatoms. The van der Waals surface area contributed by atoms with E-state index in [4.69, 9.17) is 33.3 Å². The van der Waals surface area contributed by atoms with Gasteiger partial charge in [-0.15, -0.1) is 11.8 Å². The predicted octanol–water partition coefficient (Wildman–Crippen LogP) is 4.52. The fourth-order valence-electron chi connectivity index (χ4n) is 2.57. The number of aromatic nitrogens is 2. The van der Waals surface area contributed by atoms with Gasteiger partial charge >= 0.3 is 0 Å². The van der Waals surface area contributed by atoms with Gasteiger partial charge in [-0.05, 0) is 42.5 Å². The van der Waals surface area contributed by atoms with Crippen LogP contribution in [0.1, 0.15) is 0 Å². The molecule has 26 heavy (non-hydrogen) atoms. The lowest BCUT2D eigenvalue weighted by atomic mass is 10.2. The molecule has 0 saturated carbocycles. The van der Waals surface area contributed by atoms with Crippen molar-refractivity contribution in [1.29, 1.82) is 0 Å². The molecule has 1 aromatic heterocycles. The van der Waals surface area contributed by atoms with Gasteiger partial charge in [0.15, 0.2) is 16.3 Å². The number of aromatic amines is 1. The summed E-state index contributed by atoms with van der Waals surface area (Å²) < 4.78 is 12.5. The van der Waals surface area contributed by atoms with Crippen molar-refractivity contribution < 1.29 is 9.47 Å². The molecule has 0 aliphatic rings. The van der Waals surface area contributed by atoms with Crippen molar-refractivity contribution in [2.45, 2.75) is 11.4 Å². The van der Waals surface area contributed by atoms with Crippen LogP contribution in [0.15, 0.2) is 46.1 Å².